The largest absolute Gasteiger partial charge is 0.481 e. The van der Waals surface area contributed by atoms with Crippen LogP contribution in [0.25, 0.3) is 0 Å². The Morgan fingerprint density at radius 1 is 0.808 bits per heavy atom. The number of aliphatic hydroxyl groups excluding tert-OH is 2. The second-order valence-electron chi connectivity index (χ2n) is 6.13. The predicted molar refractivity (Wildman–Crippen MR) is 108 cm³/mol. The van der Waals surface area contributed by atoms with Gasteiger partial charge in [-0.15, -0.1) is 0 Å². The van der Waals surface area contributed by atoms with Crippen LogP contribution >= 0.6 is 0 Å². The van der Waals surface area contributed by atoms with Gasteiger partial charge in [-0.2, -0.15) is 0 Å². The van der Waals surface area contributed by atoms with E-state index in [-0.39, 0.29) is 6.42 Å². The Morgan fingerprint density at radius 3 is 1.85 bits per heavy atom. The van der Waals surface area contributed by atoms with Crippen LogP contribution < -0.4 is 0 Å². The molecule has 0 aliphatic heterocycles. The number of hydrogen-bond donors (Lipinski definition) is 3. The minimum Gasteiger partial charge on any atom is -0.481 e. The molecule has 0 aliphatic carbocycles. The van der Waals surface area contributed by atoms with Crippen LogP contribution in [0, 0.1) is 0 Å². The summed E-state index contributed by atoms with van der Waals surface area (Å²) in [6.07, 6.45) is 23.6. The standard InChI is InChI=1S/C22H34O4/c1-2-3-4-5-6-10-15-20(23)16-11-7-8-12-17-21(24)18-13-9-14-19-22(25)26/h6-13,16-17,20-21,23-24H,2-5,14-15,18-19H2,1H3,(H,25,26). The van der Waals surface area contributed by atoms with E-state index >= 15 is 0 Å². The summed E-state index contributed by atoms with van der Waals surface area (Å²) in [4.78, 5) is 10.3. The van der Waals surface area contributed by atoms with E-state index < -0.39 is 18.2 Å². The number of carboxylic acid groups (broad SMARTS) is 1. The molecule has 0 heterocycles. The molecular formula is C22H34O4. The second kappa shape index (κ2) is 17.9. The molecule has 0 rings (SSSR count). The predicted octanol–water partition coefficient (Wildman–Crippen LogP) is 4.71. The first kappa shape index (κ1) is 24.1. The Bertz CT molecular complexity index is 486. The zero-order valence-electron chi connectivity index (χ0n) is 15.8. The molecule has 146 valence electrons. The molecule has 0 amide bonds. The highest BCUT2D eigenvalue weighted by molar-refractivity contribution is 5.66. The molecule has 3 N–H and O–H groups in total. The molecule has 0 radical (unpaired) electrons. The molecule has 0 aromatic carbocycles. The van der Waals surface area contributed by atoms with Gasteiger partial charge in [0.1, 0.15) is 0 Å². The number of hydrogen-bond acceptors (Lipinski definition) is 3. The summed E-state index contributed by atoms with van der Waals surface area (Å²) in [6, 6.07) is 0. The molecule has 0 saturated carbocycles. The van der Waals surface area contributed by atoms with Gasteiger partial charge < -0.3 is 15.3 Å². The fourth-order valence-corrected chi connectivity index (χ4v) is 2.10. The Balaban J connectivity index is 3.86. The molecular weight excluding hydrogens is 328 g/mol. The van der Waals surface area contributed by atoms with Crippen LogP contribution in [-0.2, 0) is 4.79 Å². The molecule has 0 saturated heterocycles. The molecule has 26 heavy (non-hydrogen) atoms. The lowest BCUT2D eigenvalue weighted by Crippen LogP contribution is -1.99. The van der Waals surface area contributed by atoms with Gasteiger partial charge in [-0.25, -0.2) is 0 Å². The van der Waals surface area contributed by atoms with Crippen molar-refractivity contribution < 1.29 is 20.1 Å². The molecule has 2 atom stereocenters. The number of unbranched alkanes of at least 4 members (excludes halogenated alkanes) is 3. The summed E-state index contributed by atoms with van der Waals surface area (Å²) in [5.41, 5.74) is 0. The summed E-state index contributed by atoms with van der Waals surface area (Å²) in [5.74, 6) is -0.818. The summed E-state index contributed by atoms with van der Waals surface area (Å²) < 4.78 is 0. The topological polar surface area (TPSA) is 77.8 Å². The van der Waals surface area contributed by atoms with Crippen LogP contribution in [0.5, 0.6) is 0 Å². The SMILES string of the molecule is CCCCCC=CCC(O)C=CC=CC=CC(O)CC=CCCC(=O)O. The summed E-state index contributed by atoms with van der Waals surface area (Å²) in [6.45, 7) is 2.18. The van der Waals surface area contributed by atoms with Gasteiger partial charge in [0.25, 0.3) is 0 Å². The van der Waals surface area contributed by atoms with Crippen molar-refractivity contribution in [1.29, 1.82) is 0 Å². The maximum absolute atomic E-state index is 10.3. The highest BCUT2D eigenvalue weighted by Gasteiger charge is 1.95. The Kier molecular flexibility index (Phi) is 16.6. The number of rotatable bonds is 15. The molecule has 0 aromatic rings. The summed E-state index contributed by atoms with van der Waals surface area (Å²) >= 11 is 0. The average molecular weight is 363 g/mol. The first-order valence-electron chi connectivity index (χ1n) is 9.45. The maximum Gasteiger partial charge on any atom is 0.303 e. The Hall–Kier alpha value is -1.91. The zero-order valence-corrected chi connectivity index (χ0v) is 15.8. The highest BCUT2D eigenvalue weighted by Crippen LogP contribution is 2.02. The van der Waals surface area contributed by atoms with Crippen molar-refractivity contribution in [3.63, 3.8) is 0 Å². The van der Waals surface area contributed by atoms with Crippen molar-refractivity contribution in [3.8, 4) is 0 Å². The smallest absolute Gasteiger partial charge is 0.303 e. The van der Waals surface area contributed by atoms with Crippen molar-refractivity contribution in [2.45, 2.75) is 70.5 Å². The van der Waals surface area contributed by atoms with E-state index in [1.165, 1.54) is 19.3 Å². The van der Waals surface area contributed by atoms with Gasteiger partial charge in [-0.3, -0.25) is 4.79 Å². The van der Waals surface area contributed by atoms with E-state index in [1.807, 2.05) is 6.08 Å². The molecule has 4 nitrogen and oxygen atoms in total. The molecule has 0 aliphatic rings. The monoisotopic (exact) mass is 362 g/mol. The van der Waals surface area contributed by atoms with E-state index in [0.717, 1.165) is 6.42 Å². The zero-order chi connectivity index (χ0) is 19.5. The quantitative estimate of drug-likeness (QED) is 0.224. The number of carboxylic acids is 1. The lowest BCUT2D eigenvalue weighted by molar-refractivity contribution is -0.136. The van der Waals surface area contributed by atoms with Crippen molar-refractivity contribution >= 4 is 5.97 Å². The minimum atomic E-state index is -0.818. The van der Waals surface area contributed by atoms with E-state index in [9.17, 15) is 15.0 Å². The highest BCUT2D eigenvalue weighted by atomic mass is 16.4. The van der Waals surface area contributed by atoms with E-state index in [0.29, 0.717) is 19.3 Å². The number of aliphatic carboxylic acids is 1. The molecule has 2 unspecified atom stereocenters. The van der Waals surface area contributed by atoms with Crippen LogP contribution in [0.2, 0.25) is 0 Å². The van der Waals surface area contributed by atoms with E-state index in [4.69, 9.17) is 5.11 Å². The molecule has 0 spiro atoms. The van der Waals surface area contributed by atoms with E-state index in [2.05, 4.69) is 13.0 Å². The lowest BCUT2D eigenvalue weighted by Gasteiger charge is -1.99. The van der Waals surface area contributed by atoms with Gasteiger partial charge >= 0.3 is 5.97 Å². The first-order chi connectivity index (χ1) is 12.6. The summed E-state index contributed by atoms with van der Waals surface area (Å²) in [5, 5.41) is 28.0. The first-order valence-corrected chi connectivity index (χ1v) is 9.45. The van der Waals surface area contributed by atoms with Crippen molar-refractivity contribution in [2.24, 2.45) is 0 Å². The van der Waals surface area contributed by atoms with Gasteiger partial charge in [0.05, 0.1) is 12.2 Å². The Morgan fingerprint density at radius 2 is 1.35 bits per heavy atom. The van der Waals surface area contributed by atoms with Crippen LogP contribution in [-0.4, -0.2) is 33.5 Å². The molecule has 0 fully saturated rings. The number of carbonyl (C=O) groups is 1. The number of allylic oxidation sites excluding steroid dienone is 6. The van der Waals surface area contributed by atoms with Crippen LogP contribution in [0.1, 0.15) is 58.3 Å². The number of aliphatic hydroxyl groups is 2. The lowest BCUT2D eigenvalue weighted by atomic mass is 10.1. The third-order valence-corrected chi connectivity index (χ3v) is 3.59. The van der Waals surface area contributed by atoms with Gasteiger partial charge in [0, 0.05) is 6.42 Å². The second-order valence-corrected chi connectivity index (χ2v) is 6.13. The summed E-state index contributed by atoms with van der Waals surface area (Å²) in [7, 11) is 0. The normalized spacial score (nSPS) is 15.2. The Labute approximate surface area is 157 Å². The maximum atomic E-state index is 10.3. The minimum absolute atomic E-state index is 0.109. The van der Waals surface area contributed by atoms with Crippen LogP contribution in [0.4, 0.5) is 0 Å². The van der Waals surface area contributed by atoms with Crippen molar-refractivity contribution in [2.75, 3.05) is 0 Å². The van der Waals surface area contributed by atoms with Crippen LogP contribution in [0.15, 0.2) is 60.8 Å². The van der Waals surface area contributed by atoms with Crippen molar-refractivity contribution in [1.82, 2.24) is 0 Å². The van der Waals surface area contributed by atoms with Crippen molar-refractivity contribution in [3.05, 3.63) is 60.8 Å². The third-order valence-electron chi connectivity index (χ3n) is 3.59. The van der Waals surface area contributed by atoms with Gasteiger partial charge in [-0.1, -0.05) is 80.5 Å². The van der Waals surface area contributed by atoms with Gasteiger partial charge in [0.15, 0.2) is 0 Å². The molecule has 0 aromatic heterocycles. The fourth-order valence-electron chi connectivity index (χ4n) is 2.10. The average Bonchev–Trinajstić information content (AvgIpc) is 2.60. The van der Waals surface area contributed by atoms with Gasteiger partial charge in [0.2, 0.25) is 0 Å². The van der Waals surface area contributed by atoms with Crippen LogP contribution in [0.3, 0.4) is 0 Å². The fraction of sp³-hybridized carbons (Fsp3) is 0.500. The third kappa shape index (κ3) is 18.4. The van der Waals surface area contributed by atoms with Gasteiger partial charge in [-0.05, 0) is 32.1 Å². The molecule has 0 bridgehead atoms. The van der Waals surface area contributed by atoms with E-state index in [1.54, 1.807) is 48.6 Å². The molecule has 4 heteroatoms.